The molecular formula is C21H17F4NO3. The number of phenols is 1. The molecular weight excluding hydrogens is 390 g/mol. The van der Waals surface area contributed by atoms with Crippen LogP contribution in [0.25, 0.3) is 0 Å². The molecule has 0 saturated heterocycles. The number of alkyl halides is 3. The predicted molar refractivity (Wildman–Crippen MR) is 96.1 cm³/mol. The van der Waals surface area contributed by atoms with E-state index in [-0.39, 0.29) is 24.2 Å². The zero-order valence-corrected chi connectivity index (χ0v) is 15.1. The van der Waals surface area contributed by atoms with Gasteiger partial charge in [-0.1, -0.05) is 11.8 Å². The number of halogens is 4. The Hall–Kier alpha value is -3.05. The number of primary amides is 1. The minimum Gasteiger partial charge on any atom is -0.508 e. The standard InChI is InChI=1S/C21H17F4NO3/c22-17-6-3-14(21(23,24)25)11-16(17)19(9-10-19)12-20(29,18(26)28)8-7-13-1-4-15(27)5-2-13/h1-6,11,27,29H,9-10,12H2,(H2,26,28). The summed E-state index contributed by atoms with van der Waals surface area (Å²) in [6.07, 6.45) is -4.53. The van der Waals surface area contributed by atoms with Crippen LogP contribution in [0, 0.1) is 17.7 Å². The number of benzene rings is 2. The molecule has 3 rings (SSSR count). The lowest BCUT2D eigenvalue weighted by Gasteiger charge is -2.26. The van der Waals surface area contributed by atoms with Crippen LogP contribution in [0.15, 0.2) is 42.5 Å². The van der Waals surface area contributed by atoms with Gasteiger partial charge in [0, 0.05) is 17.4 Å². The summed E-state index contributed by atoms with van der Waals surface area (Å²) in [5, 5.41) is 20.0. The Morgan fingerprint density at radius 1 is 1.14 bits per heavy atom. The van der Waals surface area contributed by atoms with Gasteiger partial charge in [-0.2, -0.15) is 13.2 Å². The maximum Gasteiger partial charge on any atom is 0.416 e. The number of hydrogen-bond donors (Lipinski definition) is 3. The highest BCUT2D eigenvalue weighted by Gasteiger charge is 2.53. The van der Waals surface area contributed by atoms with Crippen LogP contribution in [0.4, 0.5) is 17.6 Å². The summed E-state index contributed by atoms with van der Waals surface area (Å²) in [5.41, 5.74) is 0.904. The van der Waals surface area contributed by atoms with Crippen LogP contribution in [-0.4, -0.2) is 21.7 Å². The van der Waals surface area contributed by atoms with Crippen molar-refractivity contribution in [3.63, 3.8) is 0 Å². The van der Waals surface area contributed by atoms with Crippen LogP contribution in [-0.2, 0) is 16.4 Å². The molecule has 8 heteroatoms. The minimum absolute atomic E-state index is 0.00216. The molecule has 4 nitrogen and oxygen atoms in total. The zero-order valence-electron chi connectivity index (χ0n) is 15.1. The lowest BCUT2D eigenvalue weighted by Crippen LogP contribution is -2.45. The monoisotopic (exact) mass is 407 g/mol. The zero-order chi connectivity index (χ0) is 21.4. The third kappa shape index (κ3) is 4.35. The van der Waals surface area contributed by atoms with E-state index in [9.17, 15) is 32.6 Å². The maximum atomic E-state index is 14.3. The Balaban J connectivity index is 1.95. The van der Waals surface area contributed by atoms with Gasteiger partial charge in [-0.25, -0.2) is 4.39 Å². The van der Waals surface area contributed by atoms with Gasteiger partial charge in [-0.15, -0.1) is 0 Å². The largest absolute Gasteiger partial charge is 0.508 e. The van der Waals surface area contributed by atoms with E-state index in [2.05, 4.69) is 11.8 Å². The van der Waals surface area contributed by atoms with Crippen LogP contribution < -0.4 is 5.73 Å². The van der Waals surface area contributed by atoms with Crippen molar-refractivity contribution < 1.29 is 32.6 Å². The molecule has 29 heavy (non-hydrogen) atoms. The van der Waals surface area contributed by atoms with E-state index in [4.69, 9.17) is 5.73 Å². The SMILES string of the molecule is NC(=O)C(O)(C#Cc1ccc(O)cc1)CC1(c2cc(C(F)(F)F)ccc2F)CC1. The average molecular weight is 407 g/mol. The lowest BCUT2D eigenvalue weighted by molar-refractivity contribution is -0.137. The Labute approximate surface area is 164 Å². The number of carbonyl (C=O) groups is 1. The molecule has 1 atom stereocenters. The molecule has 2 aromatic carbocycles. The molecule has 1 aliphatic carbocycles. The number of phenolic OH excluding ortho intramolecular Hbond substituents is 1. The smallest absolute Gasteiger partial charge is 0.416 e. The van der Waals surface area contributed by atoms with Crippen molar-refractivity contribution in [1.82, 2.24) is 0 Å². The van der Waals surface area contributed by atoms with Crippen LogP contribution in [0.3, 0.4) is 0 Å². The van der Waals surface area contributed by atoms with E-state index in [1.165, 1.54) is 24.3 Å². The van der Waals surface area contributed by atoms with Crippen LogP contribution in [0.5, 0.6) is 5.75 Å². The molecule has 0 bridgehead atoms. The van der Waals surface area contributed by atoms with Gasteiger partial charge in [0.05, 0.1) is 5.56 Å². The summed E-state index contributed by atoms with van der Waals surface area (Å²) in [7, 11) is 0. The second-order valence-electron chi connectivity index (χ2n) is 7.17. The number of hydrogen-bond acceptors (Lipinski definition) is 3. The molecule has 1 amide bonds. The molecule has 0 heterocycles. The van der Waals surface area contributed by atoms with Crippen LogP contribution >= 0.6 is 0 Å². The molecule has 0 spiro atoms. The highest BCUT2D eigenvalue weighted by Crippen LogP contribution is 2.54. The molecule has 0 aliphatic heterocycles. The molecule has 4 N–H and O–H groups in total. The Bertz CT molecular complexity index is 1000. The molecule has 0 radical (unpaired) electrons. The van der Waals surface area contributed by atoms with Crippen molar-refractivity contribution >= 4 is 5.91 Å². The highest BCUT2D eigenvalue weighted by atomic mass is 19.4. The van der Waals surface area contributed by atoms with Gasteiger partial charge < -0.3 is 15.9 Å². The summed E-state index contributed by atoms with van der Waals surface area (Å²) in [6, 6.07) is 7.67. The second kappa shape index (κ2) is 7.08. The Morgan fingerprint density at radius 3 is 2.28 bits per heavy atom. The fraction of sp³-hybridized carbons (Fsp3) is 0.286. The number of carbonyl (C=O) groups excluding carboxylic acids is 1. The third-order valence-electron chi connectivity index (χ3n) is 5.00. The summed E-state index contributed by atoms with van der Waals surface area (Å²) >= 11 is 0. The Kier molecular flexibility index (Phi) is 5.05. The molecule has 1 unspecified atom stereocenters. The topological polar surface area (TPSA) is 83.6 Å². The normalized spacial score (nSPS) is 17.0. The summed E-state index contributed by atoms with van der Waals surface area (Å²) in [5.74, 6) is 2.89. The van der Waals surface area contributed by atoms with Crippen molar-refractivity contribution in [2.45, 2.75) is 36.5 Å². The van der Waals surface area contributed by atoms with Gasteiger partial charge in [0.2, 0.25) is 5.60 Å². The van der Waals surface area contributed by atoms with Gasteiger partial charge in [0.25, 0.3) is 5.91 Å². The highest BCUT2D eigenvalue weighted by molar-refractivity contribution is 5.87. The number of amides is 1. The van der Waals surface area contributed by atoms with E-state index in [1.807, 2.05) is 0 Å². The second-order valence-corrected chi connectivity index (χ2v) is 7.17. The van der Waals surface area contributed by atoms with Gasteiger partial charge in [-0.3, -0.25) is 4.79 Å². The molecule has 1 saturated carbocycles. The predicted octanol–water partition coefficient (Wildman–Crippen LogP) is 3.24. The summed E-state index contributed by atoms with van der Waals surface area (Å²) in [6.45, 7) is 0. The van der Waals surface area contributed by atoms with E-state index in [1.54, 1.807) is 0 Å². The molecule has 152 valence electrons. The average Bonchev–Trinajstić information content (AvgIpc) is 3.40. The number of aromatic hydroxyl groups is 1. The van der Waals surface area contributed by atoms with E-state index in [0.29, 0.717) is 17.7 Å². The van der Waals surface area contributed by atoms with Gasteiger partial charge >= 0.3 is 6.18 Å². The van der Waals surface area contributed by atoms with Gasteiger partial charge in [0.1, 0.15) is 11.6 Å². The summed E-state index contributed by atoms with van der Waals surface area (Å²) in [4.78, 5) is 11.9. The minimum atomic E-state index is -4.66. The lowest BCUT2D eigenvalue weighted by atomic mass is 9.82. The third-order valence-corrected chi connectivity index (χ3v) is 5.00. The number of rotatable bonds is 4. The van der Waals surface area contributed by atoms with Crippen molar-refractivity contribution in [3.05, 3.63) is 65.0 Å². The van der Waals surface area contributed by atoms with Gasteiger partial charge in [-0.05, 0) is 60.9 Å². The fourth-order valence-electron chi connectivity index (χ4n) is 3.20. The first kappa shape index (κ1) is 20.7. The molecule has 1 fully saturated rings. The fourth-order valence-corrected chi connectivity index (χ4v) is 3.20. The number of nitrogens with two attached hydrogens (primary N) is 1. The molecule has 0 aromatic heterocycles. The number of aliphatic hydroxyl groups is 1. The van der Waals surface area contributed by atoms with Crippen molar-refractivity contribution in [2.75, 3.05) is 0 Å². The van der Waals surface area contributed by atoms with Crippen molar-refractivity contribution in [3.8, 4) is 17.6 Å². The van der Waals surface area contributed by atoms with Crippen LogP contribution in [0.1, 0.15) is 36.0 Å². The first-order chi connectivity index (χ1) is 13.5. The Morgan fingerprint density at radius 2 is 1.76 bits per heavy atom. The van der Waals surface area contributed by atoms with E-state index >= 15 is 0 Å². The van der Waals surface area contributed by atoms with E-state index < -0.39 is 40.9 Å². The first-order valence-corrected chi connectivity index (χ1v) is 8.67. The summed E-state index contributed by atoms with van der Waals surface area (Å²) < 4.78 is 53.4. The van der Waals surface area contributed by atoms with E-state index in [0.717, 1.165) is 6.07 Å². The van der Waals surface area contributed by atoms with Crippen molar-refractivity contribution in [2.24, 2.45) is 5.73 Å². The molecule has 2 aromatic rings. The van der Waals surface area contributed by atoms with Crippen molar-refractivity contribution in [1.29, 1.82) is 0 Å². The quantitative estimate of drug-likeness (QED) is 0.538. The maximum absolute atomic E-state index is 14.3. The van der Waals surface area contributed by atoms with Crippen LogP contribution in [0.2, 0.25) is 0 Å². The van der Waals surface area contributed by atoms with Gasteiger partial charge in [0.15, 0.2) is 0 Å². The first-order valence-electron chi connectivity index (χ1n) is 8.67. The molecule has 1 aliphatic rings.